The standard InChI is InChI=1S/C13H18N2O2/c1-2-3-9-17-12-7-6-11(5-4-8-16)13(10-12)15-14/h4-8,10,15H,2-3,9,14H2,1H3/b5-4+. The highest BCUT2D eigenvalue weighted by molar-refractivity contribution is 5.78. The fraction of sp³-hybridized carbons (Fsp3) is 0.308. The Morgan fingerprint density at radius 2 is 2.29 bits per heavy atom. The smallest absolute Gasteiger partial charge is 0.142 e. The fourth-order valence-corrected chi connectivity index (χ4v) is 1.37. The summed E-state index contributed by atoms with van der Waals surface area (Å²) in [6, 6.07) is 5.54. The topological polar surface area (TPSA) is 64.3 Å². The van der Waals surface area contributed by atoms with Crippen LogP contribution < -0.4 is 16.0 Å². The van der Waals surface area contributed by atoms with Gasteiger partial charge < -0.3 is 10.2 Å². The molecule has 0 spiro atoms. The van der Waals surface area contributed by atoms with E-state index in [2.05, 4.69) is 12.3 Å². The van der Waals surface area contributed by atoms with Gasteiger partial charge in [0.1, 0.15) is 12.0 Å². The van der Waals surface area contributed by atoms with E-state index >= 15 is 0 Å². The summed E-state index contributed by atoms with van der Waals surface area (Å²) >= 11 is 0. The second-order valence-electron chi connectivity index (χ2n) is 3.59. The van der Waals surface area contributed by atoms with Crippen LogP contribution >= 0.6 is 0 Å². The maximum Gasteiger partial charge on any atom is 0.142 e. The van der Waals surface area contributed by atoms with Crippen LogP contribution in [0.1, 0.15) is 25.3 Å². The normalized spacial score (nSPS) is 10.5. The van der Waals surface area contributed by atoms with Gasteiger partial charge in [0.05, 0.1) is 12.3 Å². The zero-order chi connectivity index (χ0) is 12.5. The van der Waals surface area contributed by atoms with Crippen LogP contribution in [-0.2, 0) is 4.79 Å². The third kappa shape index (κ3) is 4.28. The van der Waals surface area contributed by atoms with Crippen molar-refractivity contribution in [3.05, 3.63) is 29.8 Å². The van der Waals surface area contributed by atoms with Crippen molar-refractivity contribution in [2.75, 3.05) is 12.0 Å². The quantitative estimate of drug-likeness (QED) is 0.250. The molecule has 0 saturated heterocycles. The second-order valence-corrected chi connectivity index (χ2v) is 3.59. The number of hydrogen-bond acceptors (Lipinski definition) is 4. The van der Waals surface area contributed by atoms with Crippen LogP contribution in [0.25, 0.3) is 6.08 Å². The number of unbranched alkanes of at least 4 members (excludes halogenated alkanes) is 1. The van der Waals surface area contributed by atoms with Crippen molar-refractivity contribution < 1.29 is 9.53 Å². The molecule has 0 aliphatic carbocycles. The molecule has 1 rings (SSSR count). The molecular weight excluding hydrogens is 216 g/mol. The number of hydrazine groups is 1. The number of anilines is 1. The minimum atomic E-state index is 0.698. The van der Waals surface area contributed by atoms with E-state index in [-0.39, 0.29) is 0 Å². The Hall–Kier alpha value is -1.81. The van der Waals surface area contributed by atoms with Crippen LogP contribution in [0.2, 0.25) is 0 Å². The number of carbonyl (C=O) groups excluding carboxylic acids is 1. The number of ether oxygens (including phenoxy) is 1. The van der Waals surface area contributed by atoms with Gasteiger partial charge in [0.25, 0.3) is 0 Å². The van der Waals surface area contributed by atoms with Gasteiger partial charge in [0.15, 0.2) is 0 Å². The summed E-state index contributed by atoms with van der Waals surface area (Å²) in [6.07, 6.45) is 5.97. The molecule has 0 bridgehead atoms. The molecule has 1 aromatic carbocycles. The van der Waals surface area contributed by atoms with Crippen molar-refractivity contribution in [3.63, 3.8) is 0 Å². The highest BCUT2D eigenvalue weighted by Gasteiger charge is 2.01. The molecule has 0 heterocycles. The van der Waals surface area contributed by atoms with Crippen molar-refractivity contribution in [3.8, 4) is 5.75 Å². The van der Waals surface area contributed by atoms with Gasteiger partial charge in [0, 0.05) is 6.07 Å². The molecule has 17 heavy (non-hydrogen) atoms. The number of nitrogens with two attached hydrogens (primary N) is 1. The minimum absolute atomic E-state index is 0.698. The van der Waals surface area contributed by atoms with E-state index in [4.69, 9.17) is 10.6 Å². The average molecular weight is 234 g/mol. The summed E-state index contributed by atoms with van der Waals surface area (Å²) in [4.78, 5) is 10.3. The SMILES string of the molecule is CCCCOc1ccc(/C=C/C=O)c(NN)c1. The highest BCUT2D eigenvalue weighted by Crippen LogP contribution is 2.23. The van der Waals surface area contributed by atoms with Crippen LogP contribution in [-0.4, -0.2) is 12.9 Å². The maximum atomic E-state index is 10.3. The maximum absolute atomic E-state index is 10.3. The predicted molar refractivity (Wildman–Crippen MR) is 69.8 cm³/mol. The van der Waals surface area contributed by atoms with E-state index in [0.29, 0.717) is 6.61 Å². The number of nitrogen functional groups attached to an aromatic ring is 1. The largest absolute Gasteiger partial charge is 0.494 e. The Balaban J connectivity index is 2.77. The molecule has 4 heteroatoms. The summed E-state index contributed by atoms with van der Waals surface area (Å²) in [5.41, 5.74) is 4.17. The molecule has 3 N–H and O–H groups in total. The van der Waals surface area contributed by atoms with Gasteiger partial charge in [-0.2, -0.15) is 0 Å². The number of benzene rings is 1. The average Bonchev–Trinajstić information content (AvgIpc) is 2.37. The molecule has 4 nitrogen and oxygen atoms in total. The fourth-order valence-electron chi connectivity index (χ4n) is 1.37. The monoisotopic (exact) mass is 234 g/mol. The van der Waals surface area contributed by atoms with Crippen LogP contribution in [0.5, 0.6) is 5.75 Å². The van der Waals surface area contributed by atoms with Crippen molar-refractivity contribution >= 4 is 18.0 Å². The number of nitrogens with one attached hydrogen (secondary N) is 1. The lowest BCUT2D eigenvalue weighted by molar-refractivity contribution is -0.104. The van der Waals surface area contributed by atoms with E-state index in [9.17, 15) is 4.79 Å². The Bertz CT molecular complexity index is 389. The van der Waals surface area contributed by atoms with Gasteiger partial charge in [-0.1, -0.05) is 13.3 Å². The van der Waals surface area contributed by atoms with Crippen LogP contribution in [0.3, 0.4) is 0 Å². The molecule has 0 aromatic heterocycles. The van der Waals surface area contributed by atoms with Crippen molar-refractivity contribution in [2.45, 2.75) is 19.8 Å². The third-order valence-corrected chi connectivity index (χ3v) is 2.30. The number of rotatable bonds is 7. The molecule has 0 amide bonds. The first-order valence-electron chi connectivity index (χ1n) is 5.67. The Kier molecular flexibility index (Phi) is 5.82. The van der Waals surface area contributed by atoms with Gasteiger partial charge in [-0.15, -0.1) is 0 Å². The molecule has 1 aromatic rings. The molecule has 0 aliphatic heterocycles. The van der Waals surface area contributed by atoms with E-state index in [1.807, 2.05) is 18.2 Å². The number of carbonyl (C=O) groups is 1. The summed E-state index contributed by atoms with van der Waals surface area (Å²) in [5, 5.41) is 0. The number of allylic oxidation sites excluding steroid dienone is 1. The molecule has 0 unspecified atom stereocenters. The predicted octanol–water partition coefficient (Wildman–Crippen LogP) is 2.36. The highest BCUT2D eigenvalue weighted by atomic mass is 16.5. The zero-order valence-electron chi connectivity index (χ0n) is 9.98. The van der Waals surface area contributed by atoms with Gasteiger partial charge in [-0.25, -0.2) is 0 Å². The van der Waals surface area contributed by atoms with Crippen molar-refractivity contribution in [1.82, 2.24) is 0 Å². The summed E-state index contributed by atoms with van der Waals surface area (Å²) in [7, 11) is 0. The first kappa shape index (κ1) is 13.3. The Morgan fingerprint density at radius 3 is 2.94 bits per heavy atom. The molecule has 0 fully saturated rings. The lowest BCUT2D eigenvalue weighted by Gasteiger charge is -2.09. The Labute approximate surface area is 101 Å². The van der Waals surface area contributed by atoms with Gasteiger partial charge >= 0.3 is 0 Å². The summed E-state index contributed by atoms with van der Waals surface area (Å²) < 4.78 is 5.56. The first-order chi connectivity index (χ1) is 8.31. The Morgan fingerprint density at radius 1 is 1.47 bits per heavy atom. The molecule has 0 radical (unpaired) electrons. The second kappa shape index (κ2) is 7.46. The molecular formula is C13H18N2O2. The molecule has 0 saturated carbocycles. The van der Waals surface area contributed by atoms with E-state index in [1.54, 1.807) is 6.08 Å². The van der Waals surface area contributed by atoms with Gasteiger partial charge in [-0.05, 0) is 36.3 Å². The third-order valence-electron chi connectivity index (χ3n) is 2.30. The lowest BCUT2D eigenvalue weighted by atomic mass is 10.1. The molecule has 92 valence electrons. The molecule has 0 aliphatic rings. The van der Waals surface area contributed by atoms with Crippen LogP contribution in [0.15, 0.2) is 24.3 Å². The van der Waals surface area contributed by atoms with E-state index in [0.717, 1.165) is 36.1 Å². The van der Waals surface area contributed by atoms with E-state index < -0.39 is 0 Å². The van der Waals surface area contributed by atoms with E-state index in [1.165, 1.54) is 6.08 Å². The van der Waals surface area contributed by atoms with Crippen molar-refractivity contribution in [1.29, 1.82) is 0 Å². The zero-order valence-corrected chi connectivity index (χ0v) is 9.98. The summed E-state index contributed by atoms with van der Waals surface area (Å²) in [5.74, 6) is 6.19. The van der Waals surface area contributed by atoms with Crippen LogP contribution in [0.4, 0.5) is 5.69 Å². The van der Waals surface area contributed by atoms with Gasteiger partial charge in [-0.3, -0.25) is 10.6 Å². The first-order valence-corrected chi connectivity index (χ1v) is 5.67. The summed E-state index contributed by atoms with van der Waals surface area (Å²) in [6.45, 7) is 2.81. The van der Waals surface area contributed by atoms with Crippen molar-refractivity contribution in [2.24, 2.45) is 5.84 Å². The molecule has 0 atom stereocenters. The van der Waals surface area contributed by atoms with Gasteiger partial charge in [0.2, 0.25) is 0 Å². The minimum Gasteiger partial charge on any atom is -0.494 e. The number of hydrogen-bond donors (Lipinski definition) is 2. The van der Waals surface area contributed by atoms with Crippen LogP contribution in [0, 0.1) is 0 Å². The number of aldehydes is 1. The lowest BCUT2D eigenvalue weighted by Crippen LogP contribution is -2.08.